The Morgan fingerprint density at radius 3 is 2.58 bits per heavy atom. The van der Waals surface area contributed by atoms with Crippen LogP contribution in [0.1, 0.15) is 11.1 Å². The van der Waals surface area contributed by atoms with E-state index in [-0.39, 0.29) is 12.2 Å². The lowest BCUT2D eigenvalue weighted by Crippen LogP contribution is -2.13. The molecule has 1 N–H and O–H groups in total. The summed E-state index contributed by atoms with van der Waals surface area (Å²) in [4.78, 5) is 12.5. The Morgan fingerprint density at radius 1 is 1.12 bits per heavy atom. The second kappa shape index (κ2) is 11.4. The summed E-state index contributed by atoms with van der Waals surface area (Å²) in [6.07, 6.45) is 1.45. The smallest absolute Gasteiger partial charge is 0.266 e. The van der Waals surface area contributed by atoms with Gasteiger partial charge in [0.25, 0.3) is 5.91 Å². The molecule has 0 aromatic heterocycles. The summed E-state index contributed by atoms with van der Waals surface area (Å²) < 4.78 is 11.9. The average Bonchev–Trinajstić information content (AvgIpc) is 2.78. The number of hydrogen-bond donors (Lipinski definition) is 1. The number of nitriles is 1. The number of anilines is 1. The van der Waals surface area contributed by atoms with Gasteiger partial charge < -0.3 is 14.8 Å². The summed E-state index contributed by atoms with van der Waals surface area (Å²) in [5.74, 6) is 0.320. The van der Waals surface area contributed by atoms with Gasteiger partial charge in [0.1, 0.15) is 18.2 Å². The molecule has 1 amide bonds. The Kier molecular flexibility index (Phi) is 8.65. The van der Waals surface area contributed by atoms with E-state index in [1.54, 1.807) is 48.5 Å². The SMILES string of the molecule is COc1cc(/C=C(\C#N)C(=O)Nc2cccc(Cl)c2)cc(Br)c1OCc1ccc(Cl)c(Cl)c1. The van der Waals surface area contributed by atoms with E-state index in [2.05, 4.69) is 21.2 Å². The molecule has 3 aromatic carbocycles. The van der Waals surface area contributed by atoms with Crippen molar-refractivity contribution in [1.82, 2.24) is 0 Å². The Balaban J connectivity index is 1.82. The van der Waals surface area contributed by atoms with Gasteiger partial charge in [0.05, 0.1) is 21.6 Å². The van der Waals surface area contributed by atoms with Crippen molar-refractivity contribution in [2.75, 3.05) is 12.4 Å². The van der Waals surface area contributed by atoms with Crippen LogP contribution in [-0.2, 0) is 11.4 Å². The van der Waals surface area contributed by atoms with Crippen molar-refractivity contribution < 1.29 is 14.3 Å². The minimum Gasteiger partial charge on any atom is -0.493 e. The number of hydrogen-bond acceptors (Lipinski definition) is 4. The van der Waals surface area contributed by atoms with Gasteiger partial charge in [-0.3, -0.25) is 4.79 Å². The van der Waals surface area contributed by atoms with Gasteiger partial charge in [-0.1, -0.05) is 46.9 Å². The van der Waals surface area contributed by atoms with Gasteiger partial charge in [-0.15, -0.1) is 0 Å². The predicted molar refractivity (Wildman–Crippen MR) is 135 cm³/mol. The molecule has 0 bridgehead atoms. The molecular weight excluding hydrogens is 551 g/mol. The van der Waals surface area contributed by atoms with Crippen molar-refractivity contribution >= 4 is 68.4 Å². The highest BCUT2D eigenvalue weighted by molar-refractivity contribution is 9.10. The van der Waals surface area contributed by atoms with Gasteiger partial charge in [-0.2, -0.15) is 5.26 Å². The van der Waals surface area contributed by atoms with E-state index >= 15 is 0 Å². The number of rotatable bonds is 7. The molecule has 0 saturated carbocycles. The molecule has 0 radical (unpaired) electrons. The van der Waals surface area contributed by atoms with Crippen LogP contribution in [0.2, 0.25) is 15.1 Å². The summed E-state index contributed by atoms with van der Waals surface area (Å²) in [7, 11) is 1.50. The molecule has 5 nitrogen and oxygen atoms in total. The quantitative estimate of drug-likeness (QED) is 0.237. The van der Waals surface area contributed by atoms with Gasteiger partial charge in [0, 0.05) is 10.7 Å². The molecule has 3 aromatic rings. The molecular formula is C24H16BrCl3N2O3. The zero-order valence-electron chi connectivity index (χ0n) is 17.2. The highest BCUT2D eigenvalue weighted by Crippen LogP contribution is 2.38. The van der Waals surface area contributed by atoms with E-state index in [1.165, 1.54) is 13.2 Å². The van der Waals surface area contributed by atoms with Crippen molar-refractivity contribution in [2.45, 2.75) is 6.61 Å². The minimum absolute atomic E-state index is 0.0894. The maximum Gasteiger partial charge on any atom is 0.266 e. The normalized spacial score (nSPS) is 11.0. The lowest BCUT2D eigenvalue weighted by Gasteiger charge is -2.14. The number of ether oxygens (including phenoxy) is 2. The minimum atomic E-state index is -0.560. The van der Waals surface area contributed by atoms with E-state index in [0.29, 0.717) is 42.3 Å². The number of carbonyl (C=O) groups is 1. The van der Waals surface area contributed by atoms with Crippen molar-refractivity contribution in [2.24, 2.45) is 0 Å². The fourth-order valence-electron chi connectivity index (χ4n) is 2.83. The molecule has 0 aliphatic heterocycles. The van der Waals surface area contributed by atoms with Crippen LogP contribution >= 0.6 is 50.7 Å². The number of benzene rings is 3. The van der Waals surface area contributed by atoms with Crippen molar-refractivity contribution in [3.63, 3.8) is 0 Å². The second-order valence-corrected chi connectivity index (χ2v) is 8.81. The predicted octanol–water partition coefficient (Wildman–Crippen LogP) is 7.54. The first-order valence-electron chi connectivity index (χ1n) is 9.43. The molecule has 0 spiro atoms. The third-order valence-corrected chi connectivity index (χ3v) is 5.94. The number of amides is 1. The largest absolute Gasteiger partial charge is 0.493 e. The van der Waals surface area contributed by atoms with Crippen LogP contribution in [0.3, 0.4) is 0 Å². The molecule has 0 fully saturated rings. The van der Waals surface area contributed by atoms with Crippen LogP contribution in [-0.4, -0.2) is 13.0 Å². The van der Waals surface area contributed by atoms with E-state index in [4.69, 9.17) is 44.3 Å². The van der Waals surface area contributed by atoms with Gasteiger partial charge >= 0.3 is 0 Å². The first kappa shape index (κ1) is 24.9. The highest BCUT2D eigenvalue weighted by Gasteiger charge is 2.15. The summed E-state index contributed by atoms with van der Waals surface area (Å²) >= 11 is 21.4. The molecule has 168 valence electrons. The van der Waals surface area contributed by atoms with E-state index in [9.17, 15) is 10.1 Å². The Hall–Kier alpha value is -2.69. The van der Waals surface area contributed by atoms with Crippen LogP contribution < -0.4 is 14.8 Å². The third kappa shape index (κ3) is 6.66. The molecule has 0 aliphatic carbocycles. The van der Waals surface area contributed by atoms with Gasteiger partial charge in [-0.25, -0.2) is 0 Å². The number of nitrogens with one attached hydrogen (secondary N) is 1. The van der Waals surface area contributed by atoms with E-state index < -0.39 is 5.91 Å². The van der Waals surface area contributed by atoms with Gasteiger partial charge in [-0.05, 0) is 75.6 Å². The maximum absolute atomic E-state index is 12.5. The van der Waals surface area contributed by atoms with Crippen molar-refractivity contribution in [3.05, 3.63) is 90.8 Å². The zero-order chi connectivity index (χ0) is 24.0. The van der Waals surface area contributed by atoms with Crippen LogP contribution in [0.25, 0.3) is 6.08 Å². The van der Waals surface area contributed by atoms with Crippen molar-refractivity contribution in [1.29, 1.82) is 5.26 Å². The van der Waals surface area contributed by atoms with Crippen molar-refractivity contribution in [3.8, 4) is 17.6 Å². The van der Waals surface area contributed by atoms with Crippen LogP contribution in [0.4, 0.5) is 5.69 Å². The number of carbonyl (C=O) groups excluding carboxylic acids is 1. The Labute approximate surface area is 214 Å². The molecule has 33 heavy (non-hydrogen) atoms. The molecule has 9 heteroatoms. The van der Waals surface area contributed by atoms with E-state index in [1.807, 2.05) is 12.1 Å². The lowest BCUT2D eigenvalue weighted by atomic mass is 10.1. The fraction of sp³-hybridized carbons (Fsp3) is 0.0833. The zero-order valence-corrected chi connectivity index (χ0v) is 21.0. The molecule has 0 heterocycles. The van der Waals surface area contributed by atoms with Crippen LogP contribution in [0.15, 0.2) is 64.6 Å². The van der Waals surface area contributed by atoms with E-state index in [0.717, 1.165) is 5.56 Å². The molecule has 0 aliphatic rings. The van der Waals surface area contributed by atoms with Crippen LogP contribution in [0, 0.1) is 11.3 Å². The molecule has 0 unspecified atom stereocenters. The third-order valence-electron chi connectivity index (χ3n) is 4.38. The highest BCUT2D eigenvalue weighted by atomic mass is 79.9. The monoisotopic (exact) mass is 564 g/mol. The average molecular weight is 567 g/mol. The second-order valence-electron chi connectivity index (χ2n) is 6.71. The van der Waals surface area contributed by atoms with Gasteiger partial charge in [0.2, 0.25) is 0 Å². The molecule has 0 atom stereocenters. The Bertz CT molecular complexity index is 1270. The summed E-state index contributed by atoms with van der Waals surface area (Å²) in [6.45, 7) is 0.229. The number of methoxy groups -OCH3 is 1. The summed E-state index contributed by atoms with van der Waals surface area (Å²) in [5, 5.41) is 13.5. The number of halogens is 4. The first-order chi connectivity index (χ1) is 15.8. The lowest BCUT2D eigenvalue weighted by molar-refractivity contribution is -0.112. The standard InChI is InChI=1S/C24H16BrCl3N2O3/c1-32-22-10-15(7-16(12-29)24(31)30-18-4-2-3-17(26)11-18)8-19(25)23(22)33-13-14-5-6-20(27)21(28)9-14/h2-11H,13H2,1H3,(H,30,31)/b16-7+. The maximum atomic E-state index is 12.5. The summed E-state index contributed by atoms with van der Waals surface area (Å²) in [5.41, 5.74) is 1.79. The van der Waals surface area contributed by atoms with Gasteiger partial charge in [0.15, 0.2) is 11.5 Å². The van der Waals surface area contributed by atoms with Crippen LogP contribution in [0.5, 0.6) is 11.5 Å². The molecule has 0 saturated heterocycles. The number of nitrogens with zero attached hydrogens (tertiary/aromatic N) is 1. The molecule has 3 rings (SSSR count). The summed E-state index contributed by atoms with van der Waals surface area (Å²) in [6, 6.07) is 17.2. The topological polar surface area (TPSA) is 71.3 Å². The Morgan fingerprint density at radius 2 is 1.91 bits per heavy atom. The first-order valence-corrected chi connectivity index (χ1v) is 11.4. The fourth-order valence-corrected chi connectivity index (χ4v) is 3.91.